The van der Waals surface area contributed by atoms with Gasteiger partial charge in [0.1, 0.15) is 0 Å². The van der Waals surface area contributed by atoms with Crippen LogP contribution in [0.25, 0.3) is 0 Å². The number of nitrogens with zero attached hydrogens (tertiary/aromatic N) is 1. The summed E-state index contributed by atoms with van der Waals surface area (Å²) in [7, 11) is 1.37. The second-order valence-electron chi connectivity index (χ2n) is 4.68. The van der Waals surface area contributed by atoms with Crippen LogP contribution in [0.15, 0.2) is 24.3 Å². The molecule has 2 rings (SSSR count). The number of carbonyl (C=O) groups is 2. The van der Waals surface area contributed by atoms with Crippen LogP contribution in [0.1, 0.15) is 12.0 Å². The second-order valence-corrected chi connectivity index (χ2v) is 5.04. The van der Waals surface area contributed by atoms with Crippen LogP contribution < -0.4 is 4.90 Å². The molecular weight excluding hydrogens is 262 g/mol. The number of methoxy groups -OCH3 is 1. The second kappa shape index (κ2) is 6.10. The van der Waals surface area contributed by atoms with Crippen LogP contribution in [0.4, 0.5) is 5.69 Å². The average molecular weight is 279 g/mol. The molecule has 1 fully saturated rings. The van der Waals surface area contributed by atoms with E-state index in [0.717, 1.165) is 23.5 Å². The first-order valence-corrected chi connectivity index (χ1v) is 6.84. The van der Waals surface area contributed by atoms with Gasteiger partial charge in [0.2, 0.25) is 5.91 Å². The van der Waals surface area contributed by atoms with Gasteiger partial charge in [-0.1, -0.05) is 12.1 Å². The van der Waals surface area contributed by atoms with Crippen LogP contribution in [-0.2, 0) is 20.7 Å². The first-order chi connectivity index (χ1) is 9.13. The van der Waals surface area contributed by atoms with Crippen molar-refractivity contribution < 1.29 is 14.3 Å². The van der Waals surface area contributed by atoms with Crippen molar-refractivity contribution in [2.24, 2.45) is 5.92 Å². The number of thiol groups is 1. The Morgan fingerprint density at radius 1 is 1.42 bits per heavy atom. The molecule has 1 aromatic carbocycles. The fourth-order valence-corrected chi connectivity index (χ4v) is 2.43. The number of esters is 1. The monoisotopic (exact) mass is 279 g/mol. The minimum Gasteiger partial charge on any atom is -0.469 e. The molecule has 0 bridgehead atoms. The fraction of sp³-hybridized carbons (Fsp3) is 0.429. The third-order valence-electron chi connectivity index (χ3n) is 3.29. The van der Waals surface area contributed by atoms with Crippen molar-refractivity contribution in [1.82, 2.24) is 0 Å². The molecule has 0 saturated carbocycles. The van der Waals surface area contributed by atoms with E-state index >= 15 is 0 Å². The van der Waals surface area contributed by atoms with Crippen LogP contribution >= 0.6 is 12.6 Å². The van der Waals surface area contributed by atoms with Gasteiger partial charge in [0.05, 0.1) is 13.5 Å². The molecule has 0 radical (unpaired) electrons. The van der Waals surface area contributed by atoms with Crippen molar-refractivity contribution in [3.05, 3.63) is 29.8 Å². The van der Waals surface area contributed by atoms with Gasteiger partial charge in [-0.05, 0) is 29.4 Å². The number of hydrogen-bond donors (Lipinski definition) is 1. The Bertz CT molecular complexity index is 472. The van der Waals surface area contributed by atoms with E-state index in [4.69, 9.17) is 0 Å². The Balaban J connectivity index is 2.06. The lowest BCUT2D eigenvalue weighted by atomic mass is 10.1. The molecule has 0 spiro atoms. The van der Waals surface area contributed by atoms with E-state index in [0.29, 0.717) is 12.3 Å². The number of anilines is 1. The summed E-state index contributed by atoms with van der Waals surface area (Å²) in [6.45, 7) is 0.721. The molecule has 0 N–H and O–H groups in total. The molecule has 102 valence electrons. The van der Waals surface area contributed by atoms with Crippen molar-refractivity contribution in [1.29, 1.82) is 0 Å². The standard InChI is InChI=1S/C14H17NO3S/c1-18-14(17)7-10-2-4-12(5-3-10)15-8-11(9-19)6-13(15)16/h2-5,11,19H,6-9H2,1H3. The Morgan fingerprint density at radius 2 is 2.11 bits per heavy atom. The van der Waals surface area contributed by atoms with Crippen molar-refractivity contribution in [2.45, 2.75) is 12.8 Å². The van der Waals surface area contributed by atoms with Gasteiger partial charge in [0.15, 0.2) is 0 Å². The van der Waals surface area contributed by atoms with Crippen LogP contribution in [-0.4, -0.2) is 31.3 Å². The van der Waals surface area contributed by atoms with Gasteiger partial charge < -0.3 is 9.64 Å². The molecule has 1 saturated heterocycles. The van der Waals surface area contributed by atoms with E-state index in [1.807, 2.05) is 24.3 Å². The molecule has 0 aromatic heterocycles. The third-order valence-corrected chi connectivity index (χ3v) is 3.80. The zero-order valence-electron chi connectivity index (χ0n) is 10.8. The zero-order valence-corrected chi connectivity index (χ0v) is 11.7. The predicted octanol–water partition coefficient (Wildman–Crippen LogP) is 1.68. The van der Waals surface area contributed by atoms with Gasteiger partial charge in [-0.15, -0.1) is 0 Å². The molecule has 1 aliphatic rings. The van der Waals surface area contributed by atoms with Crippen LogP contribution in [0.5, 0.6) is 0 Å². The molecule has 5 heteroatoms. The maximum absolute atomic E-state index is 11.9. The van der Waals surface area contributed by atoms with Crippen molar-refractivity contribution in [3.63, 3.8) is 0 Å². The molecule has 1 amide bonds. The van der Waals surface area contributed by atoms with E-state index < -0.39 is 0 Å². The largest absolute Gasteiger partial charge is 0.469 e. The minimum absolute atomic E-state index is 0.139. The lowest BCUT2D eigenvalue weighted by Crippen LogP contribution is -2.24. The van der Waals surface area contributed by atoms with Crippen molar-refractivity contribution >= 4 is 30.2 Å². The summed E-state index contributed by atoms with van der Waals surface area (Å²) in [6, 6.07) is 7.45. The first kappa shape index (κ1) is 13.9. The number of ether oxygens (including phenoxy) is 1. The van der Waals surface area contributed by atoms with E-state index in [2.05, 4.69) is 17.4 Å². The Morgan fingerprint density at radius 3 is 2.63 bits per heavy atom. The molecule has 1 unspecified atom stereocenters. The van der Waals surface area contributed by atoms with Crippen molar-refractivity contribution in [3.8, 4) is 0 Å². The Kier molecular flexibility index (Phi) is 4.47. The van der Waals surface area contributed by atoms with Gasteiger partial charge in [-0.3, -0.25) is 9.59 Å². The lowest BCUT2D eigenvalue weighted by Gasteiger charge is -2.16. The summed E-state index contributed by atoms with van der Waals surface area (Å²) in [5.41, 5.74) is 1.76. The molecule has 19 heavy (non-hydrogen) atoms. The summed E-state index contributed by atoms with van der Waals surface area (Å²) in [5.74, 6) is 0.924. The van der Waals surface area contributed by atoms with E-state index in [1.165, 1.54) is 7.11 Å². The predicted molar refractivity (Wildman–Crippen MR) is 76.5 cm³/mol. The smallest absolute Gasteiger partial charge is 0.309 e. The normalized spacial score (nSPS) is 18.7. The maximum atomic E-state index is 11.9. The average Bonchev–Trinajstić information content (AvgIpc) is 2.81. The lowest BCUT2D eigenvalue weighted by molar-refractivity contribution is -0.139. The van der Waals surface area contributed by atoms with E-state index in [1.54, 1.807) is 4.90 Å². The summed E-state index contributed by atoms with van der Waals surface area (Å²) >= 11 is 4.24. The summed E-state index contributed by atoms with van der Waals surface area (Å²) in [6.07, 6.45) is 0.817. The molecule has 1 aliphatic heterocycles. The highest BCUT2D eigenvalue weighted by Crippen LogP contribution is 2.25. The molecule has 1 aromatic rings. The van der Waals surface area contributed by atoms with Crippen LogP contribution in [0, 0.1) is 5.92 Å². The zero-order chi connectivity index (χ0) is 13.8. The molecule has 0 aliphatic carbocycles. The highest BCUT2D eigenvalue weighted by Gasteiger charge is 2.29. The fourth-order valence-electron chi connectivity index (χ4n) is 2.19. The van der Waals surface area contributed by atoms with Gasteiger partial charge in [0, 0.05) is 18.7 Å². The van der Waals surface area contributed by atoms with Crippen LogP contribution in [0.2, 0.25) is 0 Å². The Labute approximate surface area is 118 Å². The maximum Gasteiger partial charge on any atom is 0.309 e. The van der Waals surface area contributed by atoms with Gasteiger partial charge in [-0.2, -0.15) is 12.6 Å². The Hall–Kier alpha value is -1.49. The molecule has 1 atom stereocenters. The number of rotatable bonds is 4. The first-order valence-electron chi connectivity index (χ1n) is 6.21. The summed E-state index contributed by atoms with van der Waals surface area (Å²) in [4.78, 5) is 24.8. The summed E-state index contributed by atoms with van der Waals surface area (Å²) < 4.78 is 4.62. The quantitative estimate of drug-likeness (QED) is 0.674. The van der Waals surface area contributed by atoms with E-state index in [-0.39, 0.29) is 18.3 Å². The van der Waals surface area contributed by atoms with Crippen LogP contribution in [0.3, 0.4) is 0 Å². The van der Waals surface area contributed by atoms with Crippen molar-refractivity contribution in [2.75, 3.05) is 24.3 Å². The number of carbonyl (C=O) groups excluding carboxylic acids is 2. The topological polar surface area (TPSA) is 46.6 Å². The SMILES string of the molecule is COC(=O)Cc1ccc(N2CC(CS)CC2=O)cc1. The van der Waals surface area contributed by atoms with Gasteiger partial charge in [-0.25, -0.2) is 0 Å². The molecule has 4 nitrogen and oxygen atoms in total. The van der Waals surface area contributed by atoms with Gasteiger partial charge in [0.25, 0.3) is 0 Å². The summed E-state index contributed by atoms with van der Waals surface area (Å²) in [5, 5.41) is 0. The van der Waals surface area contributed by atoms with E-state index in [9.17, 15) is 9.59 Å². The number of hydrogen-bond acceptors (Lipinski definition) is 4. The molecular formula is C14H17NO3S. The number of amides is 1. The minimum atomic E-state index is -0.264. The molecule has 1 heterocycles. The van der Waals surface area contributed by atoms with Gasteiger partial charge >= 0.3 is 5.97 Å². The highest BCUT2D eigenvalue weighted by atomic mass is 32.1. The highest BCUT2D eigenvalue weighted by molar-refractivity contribution is 7.80. The number of benzene rings is 1. The third kappa shape index (κ3) is 3.29.